The number of ether oxygens (including phenoxy) is 1. The molecular weight excluding hydrogens is 162 g/mol. The van der Waals surface area contributed by atoms with Crippen LogP contribution in [0.15, 0.2) is 18.2 Å². The summed E-state index contributed by atoms with van der Waals surface area (Å²) in [5, 5.41) is 17.5. The lowest BCUT2D eigenvalue weighted by Crippen LogP contribution is -2.30. The highest BCUT2D eigenvalue weighted by atomic mass is 19.1. The second-order valence-electron chi connectivity index (χ2n) is 2.20. The predicted molar refractivity (Wildman–Crippen MR) is 42.8 cm³/mol. The first-order chi connectivity index (χ1) is 6.78. The Morgan fingerprint density at radius 1 is 1.50 bits per heavy atom. The minimum atomic E-state index is -2.70. The molecule has 1 rings (SSSR count). The second kappa shape index (κ2) is 3.56. The lowest BCUT2D eigenvalue weighted by molar-refractivity contribution is 0.408. The topological polar surface area (TPSA) is 49.7 Å². The van der Waals surface area contributed by atoms with Gasteiger partial charge in [0.15, 0.2) is 0 Å². The van der Waals surface area contributed by atoms with Gasteiger partial charge in [-0.2, -0.15) is 0 Å². The zero-order valence-electron chi connectivity index (χ0n) is 8.99. The third-order valence-corrected chi connectivity index (χ3v) is 1.31. The highest BCUT2D eigenvalue weighted by molar-refractivity contribution is 6.58. The van der Waals surface area contributed by atoms with E-state index in [2.05, 4.69) is 4.74 Å². The van der Waals surface area contributed by atoms with Gasteiger partial charge in [-0.05, 0) is 17.6 Å². The minimum absolute atomic E-state index is 0.172. The van der Waals surface area contributed by atoms with Gasteiger partial charge in [0.25, 0.3) is 0 Å². The fourth-order valence-electron chi connectivity index (χ4n) is 0.792. The van der Waals surface area contributed by atoms with Crippen LogP contribution in [0, 0.1) is 5.82 Å². The third kappa shape index (κ3) is 1.96. The SMILES string of the molecule is [2H]C([2H])([2H])Oc1cc(F)cc(B(O)O)c1. The van der Waals surface area contributed by atoms with E-state index in [-0.39, 0.29) is 11.2 Å². The van der Waals surface area contributed by atoms with Gasteiger partial charge in [0.05, 0.1) is 11.2 Å². The van der Waals surface area contributed by atoms with E-state index in [9.17, 15) is 4.39 Å². The quantitative estimate of drug-likeness (QED) is 0.593. The molecule has 0 bridgehead atoms. The Hall–Kier alpha value is -1.07. The minimum Gasteiger partial charge on any atom is -0.497 e. The largest absolute Gasteiger partial charge is 0.497 e. The van der Waals surface area contributed by atoms with Crippen molar-refractivity contribution in [3.63, 3.8) is 0 Å². The van der Waals surface area contributed by atoms with Crippen LogP contribution in [0.4, 0.5) is 4.39 Å². The van der Waals surface area contributed by atoms with Crippen LogP contribution in [0.3, 0.4) is 0 Å². The summed E-state index contributed by atoms with van der Waals surface area (Å²) < 4.78 is 37.6. The van der Waals surface area contributed by atoms with Crippen molar-refractivity contribution in [1.82, 2.24) is 0 Å². The Bertz CT molecular complexity index is 356. The van der Waals surface area contributed by atoms with Crippen LogP contribution in [-0.2, 0) is 0 Å². The van der Waals surface area contributed by atoms with Gasteiger partial charge >= 0.3 is 7.12 Å². The van der Waals surface area contributed by atoms with E-state index < -0.39 is 20.0 Å². The Morgan fingerprint density at radius 3 is 2.83 bits per heavy atom. The summed E-state index contributed by atoms with van der Waals surface area (Å²) in [6.07, 6.45) is 0. The van der Waals surface area contributed by atoms with Crippen LogP contribution >= 0.6 is 0 Å². The fourth-order valence-corrected chi connectivity index (χ4v) is 0.792. The number of hydrogen-bond donors (Lipinski definition) is 2. The first kappa shape index (κ1) is 5.56. The number of benzene rings is 1. The second-order valence-corrected chi connectivity index (χ2v) is 2.20. The van der Waals surface area contributed by atoms with E-state index in [0.717, 1.165) is 18.2 Å². The molecule has 0 aliphatic heterocycles. The van der Waals surface area contributed by atoms with Crippen LogP contribution in [0.1, 0.15) is 4.11 Å². The lowest BCUT2D eigenvalue weighted by Gasteiger charge is -2.03. The predicted octanol–water partition coefficient (Wildman–Crippen LogP) is -0.486. The van der Waals surface area contributed by atoms with Crippen molar-refractivity contribution >= 4 is 12.6 Å². The fraction of sp³-hybridized carbons (Fsp3) is 0.143. The van der Waals surface area contributed by atoms with Gasteiger partial charge in [-0.15, -0.1) is 0 Å². The number of hydrogen-bond acceptors (Lipinski definition) is 3. The maximum atomic E-state index is 12.9. The Labute approximate surface area is 73.8 Å². The van der Waals surface area contributed by atoms with Gasteiger partial charge in [-0.3, -0.25) is 0 Å². The molecule has 64 valence electrons. The molecule has 0 aromatic heterocycles. The van der Waals surface area contributed by atoms with Crippen molar-refractivity contribution in [3.05, 3.63) is 24.0 Å². The highest BCUT2D eigenvalue weighted by Gasteiger charge is 2.12. The van der Waals surface area contributed by atoms with Gasteiger partial charge in [-0.25, -0.2) is 4.39 Å². The molecule has 0 radical (unpaired) electrons. The standard InChI is InChI=1S/C7H8BFO3/c1-12-7-3-5(8(10)11)2-6(9)4-7/h2-4,10-11H,1H3/i1D3. The molecule has 0 aliphatic carbocycles. The summed E-state index contributed by atoms with van der Waals surface area (Å²) in [5.74, 6) is -1.09. The molecule has 0 heterocycles. The summed E-state index contributed by atoms with van der Waals surface area (Å²) in [4.78, 5) is 0. The normalized spacial score (nSPS) is 14.4. The van der Waals surface area contributed by atoms with Crippen molar-refractivity contribution in [2.24, 2.45) is 0 Å². The van der Waals surface area contributed by atoms with E-state index in [0.29, 0.717) is 0 Å². The molecule has 2 N–H and O–H groups in total. The average molecular weight is 173 g/mol. The van der Waals surface area contributed by atoms with Gasteiger partial charge < -0.3 is 14.8 Å². The van der Waals surface area contributed by atoms with Crippen LogP contribution in [0.5, 0.6) is 5.75 Å². The first-order valence-electron chi connectivity index (χ1n) is 4.63. The molecule has 0 spiro atoms. The van der Waals surface area contributed by atoms with Gasteiger partial charge in [0.1, 0.15) is 11.6 Å². The molecule has 0 saturated carbocycles. The molecule has 0 fully saturated rings. The molecule has 0 aliphatic rings. The zero-order chi connectivity index (χ0) is 11.6. The van der Waals surface area contributed by atoms with Crippen LogP contribution < -0.4 is 10.2 Å². The first-order valence-corrected chi connectivity index (χ1v) is 3.13. The van der Waals surface area contributed by atoms with Crippen molar-refractivity contribution in [2.45, 2.75) is 0 Å². The number of methoxy groups -OCH3 is 1. The third-order valence-electron chi connectivity index (χ3n) is 1.31. The molecule has 0 saturated heterocycles. The molecule has 0 atom stereocenters. The van der Waals surface area contributed by atoms with Crippen molar-refractivity contribution in [2.75, 3.05) is 7.04 Å². The molecule has 0 amide bonds. The molecule has 3 nitrogen and oxygen atoms in total. The van der Waals surface area contributed by atoms with Crippen LogP contribution in [0.25, 0.3) is 0 Å². The van der Waals surface area contributed by atoms with E-state index in [4.69, 9.17) is 14.2 Å². The molecule has 5 heteroatoms. The van der Waals surface area contributed by atoms with E-state index in [1.165, 1.54) is 0 Å². The smallest absolute Gasteiger partial charge is 0.488 e. The Morgan fingerprint density at radius 2 is 2.25 bits per heavy atom. The average Bonchev–Trinajstić information content (AvgIpc) is 1.99. The van der Waals surface area contributed by atoms with Gasteiger partial charge in [-0.1, -0.05) is 0 Å². The van der Waals surface area contributed by atoms with E-state index >= 15 is 0 Å². The van der Waals surface area contributed by atoms with Crippen molar-refractivity contribution in [3.8, 4) is 5.75 Å². The van der Waals surface area contributed by atoms with Crippen molar-refractivity contribution in [1.29, 1.82) is 0 Å². The summed E-state index contributed by atoms with van der Waals surface area (Å²) in [7, 11) is -4.58. The summed E-state index contributed by atoms with van der Waals surface area (Å²) in [6, 6.07) is 2.76. The van der Waals surface area contributed by atoms with Gasteiger partial charge in [0.2, 0.25) is 0 Å². The lowest BCUT2D eigenvalue weighted by atomic mass is 9.80. The summed E-state index contributed by atoms with van der Waals surface area (Å²) >= 11 is 0. The van der Waals surface area contributed by atoms with Gasteiger partial charge in [0, 0.05) is 6.07 Å². The number of halogens is 1. The van der Waals surface area contributed by atoms with Crippen LogP contribution in [0.2, 0.25) is 0 Å². The molecular formula is C7H8BFO3. The number of rotatable bonds is 2. The maximum Gasteiger partial charge on any atom is 0.488 e. The Balaban J connectivity index is 2.99. The molecule has 12 heavy (non-hydrogen) atoms. The Kier molecular flexibility index (Phi) is 1.65. The van der Waals surface area contributed by atoms with Crippen molar-refractivity contribution < 1.29 is 23.3 Å². The van der Waals surface area contributed by atoms with Crippen LogP contribution in [-0.4, -0.2) is 24.2 Å². The summed E-state index contributed by atoms with van der Waals surface area (Å²) in [6.45, 7) is 0. The molecule has 1 aromatic rings. The van der Waals surface area contributed by atoms with E-state index in [1.54, 1.807) is 0 Å². The monoisotopic (exact) mass is 173 g/mol. The highest BCUT2D eigenvalue weighted by Crippen LogP contribution is 2.09. The summed E-state index contributed by atoms with van der Waals surface area (Å²) in [5.41, 5.74) is -0.172. The molecule has 1 aromatic carbocycles. The maximum absolute atomic E-state index is 12.9. The zero-order valence-corrected chi connectivity index (χ0v) is 5.99. The molecule has 0 unspecified atom stereocenters. The van der Waals surface area contributed by atoms with E-state index in [1.807, 2.05) is 0 Å².